The number of ketones is 1. The molecule has 0 amide bonds. The van der Waals surface area contributed by atoms with E-state index in [1.54, 1.807) is 43.2 Å². The Labute approximate surface area is 219 Å². The van der Waals surface area contributed by atoms with Crippen LogP contribution in [0.3, 0.4) is 0 Å². The molecule has 0 aliphatic heterocycles. The van der Waals surface area contributed by atoms with Gasteiger partial charge in [-0.05, 0) is 55.8 Å². The van der Waals surface area contributed by atoms with Gasteiger partial charge in [0.2, 0.25) is 0 Å². The van der Waals surface area contributed by atoms with Crippen molar-refractivity contribution in [2.75, 3.05) is 14.2 Å². The zero-order valence-electron chi connectivity index (χ0n) is 21.6. The maximum absolute atomic E-state index is 13.8. The highest BCUT2D eigenvalue weighted by Crippen LogP contribution is 2.37. The molecule has 8 heteroatoms. The summed E-state index contributed by atoms with van der Waals surface area (Å²) in [6, 6.07) is 18.2. The van der Waals surface area contributed by atoms with Crippen LogP contribution in [0.25, 0.3) is 22.0 Å². The number of ether oxygens (including phenoxy) is 2. The number of carbonyl (C=O) groups excluding carboxylic acids is 1. The first kappa shape index (κ1) is 25.0. The molecule has 0 saturated carbocycles. The van der Waals surface area contributed by atoms with Crippen molar-refractivity contribution in [3.05, 3.63) is 105 Å². The van der Waals surface area contributed by atoms with E-state index in [9.17, 15) is 9.59 Å². The van der Waals surface area contributed by atoms with Gasteiger partial charge in [0.1, 0.15) is 17.3 Å². The number of rotatable bonds is 8. The number of pyridine rings is 2. The van der Waals surface area contributed by atoms with Gasteiger partial charge in [0, 0.05) is 29.6 Å². The molecule has 0 aliphatic rings. The molecule has 0 aliphatic carbocycles. The van der Waals surface area contributed by atoms with Gasteiger partial charge >= 0.3 is 0 Å². The van der Waals surface area contributed by atoms with Crippen LogP contribution in [0.5, 0.6) is 11.5 Å². The van der Waals surface area contributed by atoms with Crippen molar-refractivity contribution in [3.63, 3.8) is 0 Å². The van der Waals surface area contributed by atoms with Crippen LogP contribution in [0.1, 0.15) is 33.1 Å². The lowest BCUT2D eigenvalue weighted by Gasteiger charge is -2.16. The van der Waals surface area contributed by atoms with Gasteiger partial charge < -0.3 is 18.6 Å². The Bertz CT molecular complexity index is 1670. The van der Waals surface area contributed by atoms with Gasteiger partial charge in [-0.2, -0.15) is 0 Å². The van der Waals surface area contributed by atoms with E-state index in [1.165, 1.54) is 0 Å². The lowest BCUT2D eigenvalue weighted by atomic mass is 9.98. The second-order valence-corrected chi connectivity index (χ2v) is 9.03. The summed E-state index contributed by atoms with van der Waals surface area (Å²) in [5.74, 6) is 1.65. The summed E-state index contributed by atoms with van der Waals surface area (Å²) in [6.07, 6.45) is 1.76. The zero-order valence-corrected chi connectivity index (χ0v) is 21.6. The fourth-order valence-electron chi connectivity index (χ4n) is 4.67. The molecule has 0 fully saturated rings. The molecule has 3 aromatic heterocycles. The zero-order chi connectivity index (χ0) is 26.8. The van der Waals surface area contributed by atoms with Crippen LogP contribution >= 0.6 is 0 Å². The second-order valence-electron chi connectivity index (χ2n) is 9.03. The van der Waals surface area contributed by atoms with E-state index in [4.69, 9.17) is 14.0 Å². The topological polar surface area (TPSA) is 96.5 Å². The minimum Gasteiger partial charge on any atom is -0.497 e. The van der Waals surface area contributed by atoms with E-state index in [2.05, 4.69) is 10.1 Å². The average Bonchev–Trinajstić information content (AvgIpc) is 3.27. The van der Waals surface area contributed by atoms with Gasteiger partial charge in [0.15, 0.2) is 5.78 Å². The first-order valence-corrected chi connectivity index (χ1v) is 12.1. The van der Waals surface area contributed by atoms with Gasteiger partial charge in [0.25, 0.3) is 5.56 Å². The summed E-state index contributed by atoms with van der Waals surface area (Å²) in [5.41, 5.74) is 4.16. The molecule has 0 atom stereocenters. The van der Waals surface area contributed by atoms with Crippen LogP contribution in [0.15, 0.2) is 76.2 Å². The molecule has 0 spiro atoms. The Hall–Kier alpha value is -4.72. The summed E-state index contributed by atoms with van der Waals surface area (Å²) in [6.45, 7) is 3.90. The van der Waals surface area contributed by atoms with E-state index in [-0.39, 0.29) is 29.9 Å². The molecule has 2 aromatic carbocycles. The fourth-order valence-corrected chi connectivity index (χ4v) is 4.67. The summed E-state index contributed by atoms with van der Waals surface area (Å²) in [7, 11) is 3.17. The summed E-state index contributed by atoms with van der Waals surface area (Å²) in [4.78, 5) is 31.6. The van der Waals surface area contributed by atoms with Gasteiger partial charge in [-0.3, -0.25) is 14.6 Å². The van der Waals surface area contributed by atoms with Crippen LogP contribution in [0, 0.1) is 13.8 Å². The number of aryl methyl sites for hydroxylation is 2. The highest BCUT2D eigenvalue weighted by Gasteiger charge is 2.21. The van der Waals surface area contributed by atoms with Crippen molar-refractivity contribution in [1.29, 1.82) is 0 Å². The van der Waals surface area contributed by atoms with Crippen LogP contribution < -0.4 is 15.0 Å². The van der Waals surface area contributed by atoms with E-state index in [0.717, 1.165) is 27.8 Å². The predicted octanol–water partition coefficient (Wildman–Crippen LogP) is 5.16. The lowest BCUT2D eigenvalue weighted by molar-refractivity contribution is 0.0991. The third-order valence-electron chi connectivity index (χ3n) is 6.59. The molecule has 38 heavy (non-hydrogen) atoms. The Balaban J connectivity index is 1.69. The molecule has 0 unspecified atom stereocenters. The highest BCUT2D eigenvalue weighted by molar-refractivity contribution is 6.01. The van der Waals surface area contributed by atoms with Crippen molar-refractivity contribution in [3.8, 4) is 22.6 Å². The number of fused-ring (bicyclic) bond motifs is 1. The number of aromatic nitrogens is 3. The van der Waals surface area contributed by atoms with Crippen LogP contribution in [0.4, 0.5) is 0 Å². The predicted molar refractivity (Wildman–Crippen MR) is 144 cm³/mol. The maximum Gasteiger partial charge on any atom is 0.262 e. The second kappa shape index (κ2) is 10.3. The molecule has 3 heterocycles. The molecular formula is C30H27N3O5. The van der Waals surface area contributed by atoms with Crippen molar-refractivity contribution in [2.24, 2.45) is 0 Å². The Morgan fingerprint density at radius 3 is 2.42 bits per heavy atom. The molecule has 5 aromatic rings. The molecule has 0 bridgehead atoms. The molecule has 0 radical (unpaired) electrons. The monoisotopic (exact) mass is 509 g/mol. The van der Waals surface area contributed by atoms with E-state index >= 15 is 0 Å². The highest BCUT2D eigenvalue weighted by atomic mass is 16.5. The fraction of sp³-hybridized carbons (Fsp3) is 0.200. The first-order valence-electron chi connectivity index (χ1n) is 12.1. The van der Waals surface area contributed by atoms with Crippen molar-refractivity contribution in [2.45, 2.75) is 26.8 Å². The van der Waals surface area contributed by atoms with E-state index in [1.807, 2.05) is 56.3 Å². The van der Waals surface area contributed by atoms with Crippen LogP contribution in [0.2, 0.25) is 0 Å². The van der Waals surface area contributed by atoms with Gasteiger partial charge in [-0.15, -0.1) is 0 Å². The third-order valence-corrected chi connectivity index (χ3v) is 6.59. The summed E-state index contributed by atoms with van der Waals surface area (Å²) < 4.78 is 17.9. The molecule has 0 saturated heterocycles. The molecule has 192 valence electrons. The van der Waals surface area contributed by atoms with E-state index in [0.29, 0.717) is 28.5 Å². The normalized spacial score (nSPS) is 11.1. The third kappa shape index (κ3) is 4.68. The Morgan fingerprint density at radius 1 is 1.00 bits per heavy atom. The number of carbonyl (C=O) groups is 1. The summed E-state index contributed by atoms with van der Waals surface area (Å²) >= 11 is 0. The smallest absolute Gasteiger partial charge is 0.262 e. The Morgan fingerprint density at radius 2 is 1.79 bits per heavy atom. The molecule has 8 nitrogen and oxygen atoms in total. The average molecular weight is 510 g/mol. The number of hydrogen-bond acceptors (Lipinski definition) is 7. The van der Waals surface area contributed by atoms with Crippen LogP contribution in [-0.2, 0) is 13.0 Å². The van der Waals surface area contributed by atoms with Crippen molar-refractivity contribution >= 4 is 16.7 Å². The number of benzene rings is 2. The standard InChI is InChI=1S/C30H27N3O5/c1-18-29(19(2)38-32-18)25-15-21-14-24(27(34)13-20-8-10-23(36-3)11-9-20)30(35)33(26(21)16-28(25)37-4)17-22-7-5-6-12-31-22/h5-12,14-16H,13,17H2,1-4H3. The molecular weight excluding hydrogens is 482 g/mol. The van der Waals surface area contributed by atoms with Gasteiger partial charge in [-0.1, -0.05) is 23.4 Å². The summed E-state index contributed by atoms with van der Waals surface area (Å²) in [5, 5.41) is 4.80. The number of hydrogen-bond donors (Lipinski definition) is 0. The minimum atomic E-state index is -0.381. The van der Waals surface area contributed by atoms with Crippen molar-refractivity contribution in [1.82, 2.24) is 14.7 Å². The molecule has 0 N–H and O–H groups in total. The van der Waals surface area contributed by atoms with Gasteiger partial charge in [0.05, 0.1) is 48.8 Å². The largest absolute Gasteiger partial charge is 0.497 e. The van der Waals surface area contributed by atoms with Gasteiger partial charge in [-0.25, -0.2) is 0 Å². The van der Waals surface area contributed by atoms with E-state index < -0.39 is 0 Å². The lowest BCUT2D eigenvalue weighted by Crippen LogP contribution is -2.28. The van der Waals surface area contributed by atoms with Crippen LogP contribution in [-0.4, -0.2) is 34.7 Å². The molecule has 5 rings (SSSR count). The maximum atomic E-state index is 13.8. The Kier molecular flexibility index (Phi) is 6.79. The number of methoxy groups -OCH3 is 2. The minimum absolute atomic E-state index is 0.0845. The number of Topliss-reactive ketones (excluding diaryl/α,β-unsaturated/α-hetero) is 1. The quantitative estimate of drug-likeness (QED) is 0.267. The SMILES string of the molecule is COc1ccc(CC(=O)c2cc3cc(-c4c(C)noc4C)c(OC)cc3n(Cc3ccccn3)c2=O)cc1. The van der Waals surface area contributed by atoms with Crippen molar-refractivity contribution < 1.29 is 18.8 Å². The first-order chi connectivity index (χ1) is 18.4. The number of nitrogens with zero attached hydrogens (tertiary/aromatic N) is 3.